The van der Waals surface area contributed by atoms with Crippen LogP contribution in [0.3, 0.4) is 0 Å². The third kappa shape index (κ3) is 2.20. The first-order valence-corrected chi connectivity index (χ1v) is 6.48. The van der Waals surface area contributed by atoms with Gasteiger partial charge in [-0.3, -0.25) is 9.59 Å². The van der Waals surface area contributed by atoms with E-state index in [0.717, 1.165) is 25.7 Å². The zero-order valence-corrected chi connectivity index (χ0v) is 10.6. The summed E-state index contributed by atoms with van der Waals surface area (Å²) in [4.78, 5) is 35.5. The lowest BCUT2D eigenvalue weighted by atomic mass is 9.81. The molecule has 5 nitrogen and oxygen atoms in total. The second-order valence-corrected chi connectivity index (χ2v) is 4.67. The highest BCUT2D eigenvalue weighted by Gasteiger charge is 2.50. The Morgan fingerprint density at radius 3 is 2.33 bits per heavy atom. The van der Waals surface area contributed by atoms with E-state index in [2.05, 4.69) is 6.58 Å². The SMILES string of the molecule is C=CC(OOCC)N1C(=O)C2CCCCC2C1=O. The van der Waals surface area contributed by atoms with E-state index in [4.69, 9.17) is 9.78 Å². The average molecular weight is 253 g/mol. The van der Waals surface area contributed by atoms with Crippen LogP contribution in [0.2, 0.25) is 0 Å². The lowest BCUT2D eigenvalue weighted by molar-refractivity contribution is -0.329. The summed E-state index contributed by atoms with van der Waals surface area (Å²) in [5, 5.41) is 0. The molecule has 0 N–H and O–H groups in total. The number of hydrogen-bond donors (Lipinski definition) is 0. The number of imide groups is 1. The van der Waals surface area contributed by atoms with Crippen molar-refractivity contribution < 1.29 is 19.4 Å². The van der Waals surface area contributed by atoms with Gasteiger partial charge in [-0.1, -0.05) is 19.4 Å². The number of rotatable bonds is 5. The Balaban J connectivity index is 2.14. The van der Waals surface area contributed by atoms with Gasteiger partial charge in [0.05, 0.1) is 18.4 Å². The van der Waals surface area contributed by atoms with Gasteiger partial charge in [0, 0.05) is 0 Å². The monoisotopic (exact) mass is 253 g/mol. The zero-order chi connectivity index (χ0) is 13.1. The van der Waals surface area contributed by atoms with E-state index >= 15 is 0 Å². The van der Waals surface area contributed by atoms with Crippen molar-refractivity contribution in [3.05, 3.63) is 12.7 Å². The molecule has 0 bridgehead atoms. The van der Waals surface area contributed by atoms with E-state index in [9.17, 15) is 9.59 Å². The Morgan fingerprint density at radius 2 is 1.89 bits per heavy atom. The van der Waals surface area contributed by atoms with Gasteiger partial charge in [0.25, 0.3) is 0 Å². The maximum absolute atomic E-state index is 12.2. The highest BCUT2D eigenvalue weighted by atomic mass is 17.2. The number of likely N-dealkylation sites (tertiary alicyclic amines) is 1. The first kappa shape index (κ1) is 13.2. The summed E-state index contributed by atoms with van der Waals surface area (Å²) in [6, 6.07) is 0. The highest BCUT2D eigenvalue weighted by Crippen LogP contribution is 2.39. The van der Waals surface area contributed by atoms with E-state index in [1.54, 1.807) is 6.92 Å². The fraction of sp³-hybridized carbons (Fsp3) is 0.692. The molecule has 1 aliphatic carbocycles. The molecule has 0 spiro atoms. The standard InChI is InChI=1S/C13H19NO4/c1-3-11(18-17-4-2)14-12(15)9-7-5-6-8-10(9)13(14)16/h3,9-11H,1,4-8H2,2H3. The third-order valence-electron chi connectivity index (χ3n) is 3.62. The summed E-state index contributed by atoms with van der Waals surface area (Å²) < 4.78 is 0. The van der Waals surface area contributed by atoms with Crippen LogP contribution in [0.15, 0.2) is 12.7 Å². The van der Waals surface area contributed by atoms with Gasteiger partial charge < -0.3 is 0 Å². The normalized spacial score (nSPS) is 29.3. The Labute approximate surface area is 107 Å². The van der Waals surface area contributed by atoms with E-state index in [1.807, 2.05) is 0 Å². The van der Waals surface area contributed by atoms with E-state index in [1.165, 1.54) is 11.0 Å². The van der Waals surface area contributed by atoms with Gasteiger partial charge >= 0.3 is 0 Å². The van der Waals surface area contributed by atoms with Gasteiger partial charge in [0.15, 0.2) is 6.23 Å². The summed E-state index contributed by atoms with van der Waals surface area (Å²) >= 11 is 0. The molecule has 1 aliphatic heterocycles. The van der Waals surface area contributed by atoms with Gasteiger partial charge in [0.2, 0.25) is 11.8 Å². The summed E-state index contributed by atoms with van der Waals surface area (Å²) in [5.74, 6) is -0.624. The predicted molar refractivity (Wildman–Crippen MR) is 64.0 cm³/mol. The molecule has 0 aromatic carbocycles. The van der Waals surface area contributed by atoms with E-state index in [-0.39, 0.29) is 23.7 Å². The topological polar surface area (TPSA) is 55.8 Å². The second-order valence-electron chi connectivity index (χ2n) is 4.67. The molecule has 0 aromatic heterocycles. The average Bonchev–Trinajstić information content (AvgIpc) is 2.65. The molecule has 0 radical (unpaired) electrons. The van der Waals surface area contributed by atoms with Crippen LogP contribution in [-0.4, -0.2) is 29.5 Å². The molecule has 1 saturated carbocycles. The predicted octanol–water partition coefficient (Wildman–Crippen LogP) is 1.64. The Kier molecular flexibility index (Phi) is 4.14. The van der Waals surface area contributed by atoms with Crippen molar-refractivity contribution in [2.24, 2.45) is 11.8 Å². The van der Waals surface area contributed by atoms with Gasteiger partial charge in [-0.2, -0.15) is 0 Å². The lowest BCUT2D eigenvalue weighted by Crippen LogP contribution is -2.41. The Hall–Kier alpha value is -1.20. The molecule has 0 aromatic rings. The van der Waals surface area contributed by atoms with Crippen molar-refractivity contribution in [2.75, 3.05) is 6.61 Å². The summed E-state index contributed by atoms with van der Waals surface area (Å²) in [6.07, 6.45) is 4.23. The summed E-state index contributed by atoms with van der Waals surface area (Å²) in [7, 11) is 0. The van der Waals surface area contributed by atoms with Crippen LogP contribution in [0.5, 0.6) is 0 Å². The molecule has 2 aliphatic rings. The molecule has 18 heavy (non-hydrogen) atoms. The molecule has 2 fully saturated rings. The van der Waals surface area contributed by atoms with Gasteiger partial charge in [-0.15, -0.1) is 0 Å². The van der Waals surface area contributed by atoms with Crippen molar-refractivity contribution in [3.63, 3.8) is 0 Å². The lowest BCUT2D eigenvalue weighted by Gasteiger charge is -2.22. The minimum Gasteiger partial charge on any atom is -0.274 e. The van der Waals surface area contributed by atoms with Crippen molar-refractivity contribution in [1.29, 1.82) is 0 Å². The van der Waals surface area contributed by atoms with Crippen molar-refractivity contribution in [1.82, 2.24) is 4.90 Å². The Bertz CT molecular complexity index is 331. The molecule has 2 amide bonds. The van der Waals surface area contributed by atoms with Crippen LogP contribution >= 0.6 is 0 Å². The highest BCUT2D eigenvalue weighted by molar-refractivity contribution is 6.05. The number of hydrogen-bond acceptors (Lipinski definition) is 4. The van der Waals surface area contributed by atoms with Crippen LogP contribution in [0, 0.1) is 11.8 Å². The molecular formula is C13H19NO4. The van der Waals surface area contributed by atoms with Gasteiger partial charge in [0.1, 0.15) is 0 Å². The number of carbonyl (C=O) groups excluding carboxylic acids is 2. The van der Waals surface area contributed by atoms with E-state index < -0.39 is 6.23 Å². The number of fused-ring (bicyclic) bond motifs is 1. The van der Waals surface area contributed by atoms with Crippen LogP contribution in [0.25, 0.3) is 0 Å². The fourth-order valence-electron chi connectivity index (χ4n) is 2.76. The summed E-state index contributed by atoms with van der Waals surface area (Å²) in [6.45, 7) is 5.72. The molecule has 100 valence electrons. The molecule has 3 unspecified atom stereocenters. The van der Waals surface area contributed by atoms with Crippen LogP contribution < -0.4 is 0 Å². The third-order valence-corrected chi connectivity index (χ3v) is 3.62. The molecule has 2 rings (SSSR count). The molecular weight excluding hydrogens is 234 g/mol. The number of amides is 2. The van der Waals surface area contributed by atoms with Crippen LogP contribution in [0.1, 0.15) is 32.6 Å². The van der Waals surface area contributed by atoms with Crippen molar-refractivity contribution in [2.45, 2.75) is 38.8 Å². The largest absolute Gasteiger partial charge is 0.274 e. The zero-order valence-electron chi connectivity index (χ0n) is 10.6. The quantitative estimate of drug-likeness (QED) is 0.323. The van der Waals surface area contributed by atoms with Gasteiger partial charge in [-0.05, 0) is 25.8 Å². The molecule has 1 saturated heterocycles. The van der Waals surface area contributed by atoms with Crippen molar-refractivity contribution >= 4 is 11.8 Å². The Morgan fingerprint density at radius 1 is 1.33 bits per heavy atom. The minimum absolute atomic E-state index is 0.144. The first-order chi connectivity index (χ1) is 8.70. The number of nitrogens with zero attached hydrogens (tertiary/aromatic N) is 1. The van der Waals surface area contributed by atoms with E-state index in [0.29, 0.717) is 6.61 Å². The van der Waals surface area contributed by atoms with Crippen molar-refractivity contribution in [3.8, 4) is 0 Å². The van der Waals surface area contributed by atoms with Gasteiger partial charge in [-0.25, -0.2) is 14.7 Å². The maximum Gasteiger partial charge on any atom is 0.235 e. The molecule has 1 heterocycles. The maximum atomic E-state index is 12.2. The molecule has 5 heteroatoms. The smallest absolute Gasteiger partial charge is 0.235 e. The van der Waals surface area contributed by atoms with Crippen LogP contribution in [0.4, 0.5) is 0 Å². The molecule has 3 atom stereocenters. The fourth-order valence-corrected chi connectivity index (χ4v) is 2.76. The number of carbonyl (C=O) groups is 2. The minimum atomic E-state index is -0.810. The van der Waals surface area contributed by atoms with Crippen LogP contribution in [-0.2, 0) is 19.4 Å². The second kappa shape index (κ2) is 5.63. The summed E-state index contributed by atoms with van der Waals surface area (Å²) in [5.41, 5.74) is 0. The first-order valence-electron chi connectivity index (χ1n) is 6.48.